The molecular weight excluding hydrogens is 206 g/mol. The van der Waals surface area contributed by atoms with Gasteiger partial charge in [-0.05, 0) is 45.7 Å². The van der Waals surface area contributed by atoms with Crippen molar-refractivity contribution in [2.75, 3.05) is 6.61 Å². The average Bonchev–Trinajstić information content (AvgIpc) is 2.42. The second kappa shape index (κ2) is 5.10. The van der Waals surface area contributed by atoms with Gasteiger partial charge in [-0.3, -0.25) is 0 Å². The van der Waals surface area contributed by atoms with E-state index < -0.39 is 0 Å². The monoisotopic (exact) mass is 227 g/mol. The minimum absolute atomic E-state index is 0.0109. The topological polar surface area (TPSA) is 32.3 Å². The maximum absolute atomic E-state index is 8.92. The van der Waals surface area contributed by atoms with Gasteiger partial charge in [-0.25, -0.2) is 0 Å². The molecule has 0 unspecified atom stereocenters. The van der Waals surface area contributed by atoms with Crippen molar-refractivity contribution in [3.05, 3.63) is 21.4 Å². The van der Waals surface area contributed by atoms with Gasteiger partial charge in [-0.15, -0.1) is 11.3 Å². The van der Waals surface area contributed by atoms with Crippen molar-refractivity contribution in [2.24, 2.45) is 0 Å². The highest BCUT2D eigenvalue weighted by atomic mass is 32.1. The summed E-state index contributed by atoms with van der Waals surface area (Å²) in [5, 5.41) is 12.4. The second-order valence-electron chi connectivity index (χ2n) is 4.65. The Kier molecular flexibility index (Phi) is 4.32. The smallest absolute Gasteiger partial charge is 0.0448 e. The van der Waals surface area contributed by atoms with Gasteiger partial charge in [0.1, 0.15) is 0 Å². The number of hydrogen-bond acceptors (Lipinski definition) is 3. The summed E-state index contributed by atoms with van der Waals surface area (Å²) in [4.78, 5) is 2.75. The molecule has 0 aliphatic rings. The molecule has 3 heteroatoms. The molecule has 0 atom stereocenters. The van der Waals surface area contributed by atoms with Gasteiger partial charge >= 0.3 is 0 Å². The lowest BCUT2D eigenvalue weighted by Crippen LogP contribution is -2.39. The fourth-order valence-electron chi connectivity index (χ4n) is 1.56. The minimum Gasteiger partial charge on any atom is -0.396 e. The third-order valence-electron chi connectivity index (χ3n) is 2.64. The first-order chi connectivity index (χ1) is 6.94. The molecule has 0 aliphatic heterocycles. The molecule has 0 bridgehead atoms. The Balaban J connectivity index is 2.53. The van der Waals surface area contributed by atoms with Crippen LogP contribution in [0.1, 0.15) is 35.6 Å². The first kappa shape index (κ1) is 12.7. The van der Waals surface area contributed by atoms with Crippen LogP contribution in [0.2, 0.25) is 0 Å². The number of hydrogen-bond donors (Lipinski definition) is 2. The predicted molar refractivity (Wildman–Crippen MR) is 66.4 cm³/mol. The number of aliphatic hydroxyl groups excluding tert-OH is 1. The molecule has 1 rings (SSSR count). The number of nitrogens with one attached hydrogen (secondary N) is 1. The van der Waals surface area contributed by atoms with E-state index in [1.165, 1.54) is 15.3 Å². The molecule has 0 fully saturated rings. The summed E-state index contributed by atoms with van der Waals surface area (Å²) in [6, 6.07) is 2.24. The first-order valence-corrected chi connectivity index (χ1v) is 6.18. The summed E-state index contributed by atoms with van der Waals surface area (Å²) in [6.45, 7) is 9.67. The summed E-state index contributed by atoms with van der Waals surface area (Å²) in [5.74, 6) is 0. The van der Waals surface area contributed by atoms with Gasteiger partial charge in [0.25, 0.3) is 0 Å². The zero-order valence-corrected chi connectivity index (χ0v) is 10.9. The highest BCUT2D eigenvalue weighted by Crippen LogP contribution is 2.21. The van der Waals surface area contributed by atoms with Gasteiger partial charge in [-0.1, -0.05) is 0 Å². The standard InChI is InChI=1S/C12H21NOS/c1-9-7-11(10(2)15-9)8-13-12(3,4)5-6-14/h7,13-14H,5-6,8H2,1-4H3. The molecule has 0 radical (unpaired) electrons. The summed E-state index contributed by atoms with van der Waals surface area (Å²) >= 11 is 1.84. The normalized spacial score (nSPS) is 12.1. The summed E-state index contributed by atoms with van der Waals surface area (Å²) in [7, 11) is 0. The van der Waals surface area contributed by atoms with Crippen molar-refractivity contribution in [1.29, 1.82) is 0 Å². The van der Waals surface area contributed by atoms with Crippen molar-refractivity contribution < 1.29 is 5.11 Å². The lowest BCUT2D eigenvalue weighted by Gasteiger charge is -2.25. The molecule has 0 aromatic carbocycles. The Bertz CT molecular complexity index is 317. The predicted octanol–water partition coefficient (Wildman–Crippen LogP) is 2.62. The zero-order valence-electron chi connectivity index (χ0n) is 10.1. The number of thiophene rings is 1. The summed E-state index contributed by atoms with van der Waals surface area (Å²) in [5.41, 5.74) is 1.39. The van der Waals surface area contributed by atoms with E-state index in [1.807, 2.05) is 11.3 Å². The third-order valence-corrected chi connectivity index (χ3v) is 3.65. The quantitative estimate of drug-likeness (QED) is 0.810. The lowest BCUT2D eigenvalue weighted by molar-refractivity contribution is 0.230. The molecule has 0 saturated carbocycles. The van der Waals surface area contributed by atoms with Crippen LogP contribution in [0.15, 0.2) is 6.07 Å². The molecule has 0 aliphatic carbocycles. The van der Waals surface area contributed by atoms with Gasteiger partial charge < -0.3 is 10.4 Å². The maximum atomic E-state index is 8.92. The Hall–Kier alpha value is -0.380. The van der Waals surface area contributed by atoms with E-state index in [0.717, 1.165) is 13.0 Å². The van der Waals surface area contributed by atoms with Crippen LogP contribution in [-0.2, 0) is 6.54 Å². The largest absolute Gasteiger partial charge is 0.396 e. The van der Waals surface area contributed by atoms with Crippen molar-refractivity contribution in [3.63, 3.8) is 0 Å². The molecular formula is C12H21NOS. The van der Waals surface area contributed by atoms with E-state index in [9.17, 15) is 0 Å². The number of rotatable bonds is 5. The first-order valence-electron chi connectivity index (χ1n) is 5.36. The van der Waals surface area contributed by atoms with Crippen LogP contribution < -0.4 is 5.32 Å². The fraction of sp³-hybridized carbons (Fsp3) is 0.667. The minimum atomic E-state index is 0.0109. The fourth-order valence-corrected chi connectivity index (χ4v) is 2.51. The summed E-state index contributed by atoms with van der Waals surface area (Å²) in [6.07, 6.45) is 0.787. The van der Waals surface area contributed by atoms with Crippen LogP contribution in [0.25, 0.3) is 0 Å². The van der Waals surface area contributed by atoms with E-state index in [1.54, 1.807) is 0 Å². The molecule has 0 saturated heterocycles. The molecule has 1 heterocycles. The average molecular weight is 227 g/mol. The van der Waals surface area contributed by atoms with E-state index in [4.69, 9.17) is 5.11 Å². The zero-order chi connectivity index (χ0) is 11.5. The maximum Gasteiger partial charge on any atom is 0.0448 e. The van der Waals surface area contributed by atoms with Crippen LogP contribution in [0, 0.1) is 13.8 Å². The van der Waals surface area contributed by atoms with Crippen molar-refractivity contribution in [3.8, 4) is 0 Å². The third kappa shape index (κ3) is 3.93. The molecule has 0 amide bonds. The van der Waals surface area contributed by atoms with Crippen molar-refractivity contribution in [2.45, 2.75) is 46.2 Å². The van der Waals surface area contributed by atoms with Crippen LogP contribution in [-0.4, -0.2) is 17.3 Å². The van der Waals surface area contributed by atoms with Gasteiger partial charge in [0, 0.05) is 28.4 Å². The van der Waals surface area contributed by atoms with Gasteiger partial charge in [0.2, 0.25) is 0 Å². The van der Waals surface area contributed by atoms with E-state index in [-0.39, 0.29) is 12.1 Å². The Labute approximate surface area is 96.3 Å². The van der Waals surface area contributed by atoms with E-state index in [0.29, 0.717) is 0 Å². The Morgan fingerprint density at radius 3 is 2.53 bits per heavy atom. The molecule has 2 nitrogen and oxygen atoms in total. The lowest BCUT2D eigenvalue weighted by atomic mass is 10.0. The molecule has 15 heavy (non-hydrogen) atoms. The van der Waals surface area contributed by atoms with Gasteiger partial charge in [0.15, 0.2) is 0 Å². The van der Waals surface area contributed by atoms with E-state index >= 15 is 0 Å². The van der Waals surface area contributed by atoms with Gasteiger partial charge in [-0.2, -0.15) is 0 Å². The van der Waals surface area contributed by atoms with Crippen LogP contribution in [0.5, 0.6) is 0 Å². The Morgan fingerprint density at radius 1 is 1.40 bits per heavy atom. The van der Waals surface area contributed by atoms with Gasteiger partial charge in [0.05, 0.1) is 0 Å². The Morgan fingerprint density at radius 2 is 2.07 bits per heavy atom. The highest BCUT2D eigenvalue weighted by molar-refractivity contribution is 7.12. The molecule has 1 aromatic heterocycles. The molecule has 2 N–H and O–H groups in total. The van der Waals surface area contributed by atoms with Crippen LogP contribution in [0.4, 0.5) is 0 Å². The highest BCUT2D eigenvalue weighted by Gasteiger charge is 2.16. The van der Waals surface area contributed by atoms with Crippen molar-refractivity contribution in [1.82, 2.24) is 5.32 Å². The van der Waals surface area contributed by atoms with E-state index in [2.05, 4.69) is 39.1 Å². The van der Waals surface area contributed by atoms with Crippen LogP contribution >= 0.6 is 11.3 Å². The van der Waals surface area contributed by atoms with Crippen LogP contribution in [0.3, 0.4) is 0 Å². The summed E-state index contributed by atoms with van der Waals surface area (Å²) < 4.78 is 0. The molecule has 0 spiro atoms. The number of aliphatic hydroxyl groups is 1. The second-order valence-corrected chi connectivity index (χ2v) is 6.11. The molecule has 86 valence electrons. The number of aryl methyl sites for hydroxylation is 2. The van der Waals surface area contributed by atoms with Crippen molar-refractivity contribution >= 4 is 11.3 Å². The SMILES string of the molecule is Cc1cc(CNC(C)(C)CCO)c(C)s1. The molecule has 1 aromatic rings.